The quantitative estimate of drug-likeness (QED) is 0.845. The van der Waals surface area contributed by atoms with Crippen LogP contribution in [0.15, 0.2) is 18.2 Å². The summed E-state index contributed by atoms with van der Waals surface area (Å²) in [4.78, 5) is 12.5. The highest BCUT2D eigenvalue weighted by molar-refractivity contribution is 6.30. The molecule has 5 heteroatoms. The number of carbonyl (C=O) groups excluding carboxylic acids is 1. The molecule has 0 bridgehead atoms. The summed E-state index contributed by atoms with van der Waals surface area (Å²) in [5, 5.41) is 0.585. The van der Waals surface area contributed by atoms with Gasteiger partial charge in [-0.15, -0.1) is 0 Å². The van der Waals surface area contributed by atoms with Crippen molar-refractivity contribution in [3.05, 3.63) is 23.2 Å². The van der Waals surface area contributed by atoms with E-state index in [1.807, 2.05) is 0 Å². The summed E-state index contributed by atoms with van der Waals surface area (Å²) in [7, 11) is 3.31. The number of likely N-dealkylation sites (N-methyl/N-ethyl adjacent to an activating group) is 1. The number of methoxy groups -OCH3 is 1. The number of primary amides is 1. The van der Waals surface area contributed by atoms with Crippen LogP contribution in [0.2, 0.25) is 5.02 Å². The molecule has 0 saturated heterocycles. The van der Waals surface area contributed by atoms with Gasteiger partial charge in [-0.2, -0.15) is 0 Å². The first-order valence-corrected chi connectivity index (χ1v) is 4.75. The van der Waals surface area contributed by atoms with Crippen molar-refractivity contribution in [2.75, 3.05) is 25.6 Å². The summed E-state index contributed by atoms with van der Waals surface area (Å²) < 4.78 is 5.15. The number of nitrogens with zero attached hydrogens (tertiary/aromatic N) is 1. The van der Waals surface area contributed by atoms with Gasteiger partial charge in [0, 0.05) is 12.1 Å². The van der Waals surface area contributed by atoms with Crippen LogP contribution in [-0.4, -0.2) is 26.6 Å². The van der Waals surface area contributed by atoms with E-state index in [4.69, 9.17) is 22.1 Å². The highest BCUT2D eigenvalue weighted by Crippen LogP contribution is 2.30. The number of benzene rings is 1. The second-order valence-corrected chi connectivity index (χ2v) is 3.57. The SMILES string of the molecule is COc1ccc(Cl)cc1N(C)CC(N)=O. The van der Waals surface area contributed by atoms with Gasteiger partial charge in [-0.1, -0.05) is 11.6 Å². The molecule has 0 unspecified atom stereocenters. The summed E-state index contributed by atoms with van der Waals surface area (Å²) in [5.74, 6) is 0.252. The van der Waals surface area contributed by atoms with Crippen LogP contribution < -0.4 is 15.4 Å². The molecular formula is C10H13ClN2O2. The van der Waals surface area contributed by atoms with E-state index in [1.54, 1.807) is 37.3 Å². The Kier molecular flexibility index (Phi) is 3.80. The largest absolute Gasteiger partial charge is 0.495 e. The molecule has 2 N–H and O–H groups in total. The molecule has 0 aliphatic carbocycles. The number of hydrogen-bond donors (Lipinski definition) is 1. The average Bonchev–Trinajstić information content (AvgIpc) is 2.16. The lowest BCUT2D eigenvalue weighted by molar-refractivity contribution is -0.116. The van der Waals surface area contributed by atoms with E-state index in [0.29, 0.717) is 10.8 Å². The lowest BCUT2D eigenvalue weighted by Crippen LogP contribution is -2.30. The van der Waals surface area contributed by atoms with Gasteiger partial charge in [-0.3, -0.25) is 4.79 Å². The van der Waals surface area contributed by atoms with Crippen LogP contribution in [0.25, 0.3) is 0 Å². The van der Waals surface area contributed by atoms with Gasteiger partial charge in [0.1, 0.15) is 5.75 Å². The molecule has 1 amide bonds. The van der Waals surface area contributed by atoms with Gasteiger partial charge in [0.2, 0.25) is 5.91 Å². The maximum absolute atomic E-state index is 10.8. The molecule has 0 aromatic heterocycles. The maximum Gasteiger partial charge on any atom is 0.236 e. The maximum atomic E-state index is 10.8. The van der Waals surface area contributed by atoms with Crippen molar-refractivity contribution in [1.29, 1.82) is 0 Å². The second-order valence-electron chi connectivity index (χ2n) is 3.14. The predicted octanol–water partition coefficient (Wildman–Crippen LogP) is 1.27. The highest BCUT2D eigenvalue weighted by atomic mass is 35.5. The number of ether oxygens (including phenoxy) is 1. The molecule has 82 valence electrons. The Bertz CT molecular complexity index is 368. The van der Waals surface area contributed by atoms with E-state index in [-0.39, 0.29) is 6.54 Å². The third-order valence-electron chi connectivity index (χ3n) is 1.95. The van der Waals surface area contributed by atoms with Crippen LogP contribution in [0.3, 0.4) is 0 Å². The Hall–Kier alpha value is -1.42. The number of rotatable bonds is 4. The molecule has 15 heavy (non-hydrogen) atoms. The molecule has 1 aromatic rings. The molecule has 4 nitrogen and oxygen atoms in total. The first-order chi connectivity index (χ1) is 7.04. The van der Waals surface area contributed by atoms with Crippen LogP contribution >= 0.6 is 11.6 Å². The topological polar surface area (TPSA) is 55.6 Å². The first kappa shape index (κ1) is 11.7. The lowest BCUT2D eigenvalue weighted by Gasteiger charge is -2.20. The fraction of sp³-hybridized carbons (Fsp3) is 0.300. The Balaban J connectivity index is 2.99. The number of amides is 1. The molecule has 0 heterocycles. The third-order valence-corrected chi connectivity index (χ3v) is 2.18. The highest BCUT2D eigenvalue weighted by Gasteiger charge is 2.10. The van der Waals surface area contributed by atoms with Crippen molar-refractivity contribution in [1.82, 2.24) is 0 Å². The summed E-state index contributed by atoms with van der Waals surface area (Å²) in [5.41, 5.74) is 5.85. The van der Waals surface area contributed by atoms with Crippen molar-refractivity contribution < 1.29 is 9.53 Å². The minimum atomic E-state index is -0.403. The smallest absolute Gasteiger partial charge is 0.236 e. The molecule has 0 aliphatic heterocycles. The number of carbonyl (C=O) groups is 1. The lowest BCUT2D eigenvalue weighted by atomic mass is 10.2. The zero-order valence-electron chi connectivity index (χ0n) is 8.66. The van der Waals surface area contributed by atoms with Crippen LogP contribution in [-0.2, 0) is 4.79 Å². The van der Waals surface area contributed by atoms with Gasteiger partial charge < -0.3 is 15.4 Å². The molecule has 0 spiro atoms. The zero-order valence-corrected chi connectivity index (χ0v) is 9.41. The van der Waals surface area contributed by atoms with Gasteiger partial charge in [0.15, 0.2) is 0 Å². The second kappa shape index (κ2) is 4.89. The third kappa shape index (κ3) is 3.02. The average molecular weight is 229 g/mol. The fourth-order valence-electron chi connectivity index (χ4n) is 1.28. The van der Waals surface area contributed by atoms with Crippen LogP contribution in [0.4, 0.5) is 5.69 Å². The molecule has 0 atom stereocenters. The summed E-state index contributed by atoms with van der Waals surface area (Å²) in [6.07, 6.45) is 0. The summed E-state index contributed by atoms with van der Waals surface area (Å²) in [6, 6.07) is 5.19. The number of halogens is 1. The van der Waals surface area contributed by atoms with Gasteiger partial charge >= 0.3 is 0 Å². The van der Waals surface area contributed by atoms with Crippen molar-refractivity contribution >= 4 is 23.2 Å². The Morgan fingerprint density at radius 1 is 1.60 bits per heavy atom. The van der Waals surface area contributed by atoms with Crippen molar-refractivity contribution in [2.45, 2.75) is 0 Å². The molecule has 0 saturated carbocycles. The zero-order chi connectivity index (χ0) is 11.4. The van der Waals surface area contributed by atoms with Crippen molar-refractivity contribution in [3.63, 3.8) is 0 Å². The molecule has 0 fully saturated rings. The van der Waals surface area contributed by atoms with Gasteiger partial charge in [0.05, 0.1) is 19.3 Å². The van der Waals surface area contributed by atoms with E-state index in [2.05, 4.69) is 0 Å². The van der Waals surface area contributed by atoms with E-state index < -0.39 is 5.91 Å². The normalized spacial score (nSPS) is 9.80. The summed E-state index contributed by atoms with van der Waals surface area (Å²) in [6.45, 7) is 0.122. The van der Waals surface area contributed by atoms with E-state index in [1.165, 1.54) is 0 Å². The van der Waals surface area contributed by atoms with E-state index >= 15 is 0 Å². The standard InChI is InChI=1S/C10H13ClN2O2/c1-13(6-10(12)14)8-5-7(11)3-4-9(8)15-2/h3-5H,6H2,1-2H3,(H2,12,14). The molecule has 1 aromatic carbocycles. The monoisotopic (exact) mass is 228 g/mol. The van der Waals surface area contributed by atoms with Crippen molar-refractivity contribution in [2.24, 2.45) is 5.73 Å². The molecule has 0 radical (unpaired) electrons. The van der Waals surface area contributed by atoms with Crippen LogP contribution in [0.5, 0.6) is 5.75 Å². The Morgan fingerprint density at radius 2 is 2.27 bits per heavy atom. The van der Waals surface area contributed by atoms with Gasteiger partial charge in [0.25, 0.3) is 0 Å². The Labute approximate surface area is 93.6 Å². The van der Waals surface area contributed by atoms with Crippen LogP contribution in [0, 0.1) is 0 Å². The predicted molar refractivity (Wildman–Crippen MR) is 60.5 cm³/mol. The van der Waals surface area contributed by atoms with Gasteiger partial charge in [-0.25, -0.2) is 0 Å². The van der Waals surface area contributed by atoms with E-state index in [0.717, 1.165) is 5.69 Å². The van der Waals surface area contributed by atoms with Gasteiger partial charge in [-0.05, 0) is 18.2 Å². The number of hydrogen-bond acceptors (Lipinski definition) is 3. The molecular weight excluding hydrogens is 216 g/mol. The minimum absolute atomic E-state index is 0.122. The molecule has 1 rings (SSSR count). The number of nitrogens with two attached hydrogens (primary N) is 1. The van der Waals surface area contributed by atoms with E-state index in [9.17, 15) is 4.79 Å². The first-order valence-electron chi connectivity index (χ1n) is 4.37. The fourth-order valence-corrected chi connectivity index (χ4v) is 1.45. The summed E-state index contributed by atoms with van der Waals surface area (Å²) >= 11 is 5.86. The van der Waals surface area contributed by atoms with Crippen molar-refractivity contribution in [3.8, 4) is 5.75 Å². The Morgan fingerprint density at radius 3 is 2.80 bits per heavy atom. The number of anilines is 1. The molecule has 0 aliphatic rings. The minimum Gasteiger partial charge on any atom is -0.495 e. The van der Waals surface area contributed by atoms with Crippen LogP contribution in [0.1, 0.15) is 0 Å².